The second-order valence-corrected chi connectivity index (χ2v) is 13.4. The molecule has 48 heavy (non-hydrogen) atoms. The highest BCUT2D eigenvalue weighted by molar-refractivity contribution is 5.94. The van der Waals surface area contributed by atoms with E-state index in [0.717, 1.165) is 49.4 Å². The van der Waals surface area contributed by atoms with E-state index in [1.54, 1.807) is 24.1 Å². The molecule has 3 aliphatic rings. The normalized spacial score (nSPS) is 23.3. The number of aryl methyl sites for hydroxylation is 1. The standard InChI is InChI=1S/C35H42F3N5O5/c1-22-15-26(9-12-31(22)47-2)24-5-3-23(4-6-24)18-42(32-16-27(13-14-39-32)28-17-40-43(19-28)35(36,37)38)33(45)25-7-10-30(11-8-25)48-34(46)41-20-29(44)21-41/h9,12-17,19,23-25,29-30,44H,3-8,10-11,18,20-21H2,1-2H3. The monoisotopic (exact) mass is 669 g/mol. The van der Waals surface area contributed by atoms with Gasteiger partial charge in [-0.1, -0.05) is 12.1 Å². The molecule has 1 aliphatic heterocycles. The molecule has 2 amide bonds. The minimum atomic E-state index is -4.64. The average Bonchev–Trinajstić information content (AvgIpc) is 3.58. The second kappa shape index (κ2) is 14.2. The molecular weight excluding hydrogens is 627 g/mol. The Morgan fingerprint density at radius 2 is 1.73 bits per heavy atom. The quantitative estimate of drug-likeness (QED) is 0.295. The minimum absolute atomic E-state index is 0.0382. The van der Waals surface area contributed by atoms with Crippen molar-refractivity contribution in [2.45, 2.75) is 82.7 Å². The van der Waals surface area contributed by atoms with E-state index < -0.39 is 18.5 Å². The van der Waals surface area contributed by atoms with Gasteiger partial charge < -0.3 is 19.5 Å². The minimum Gasteiger partial charge on any atom is -0.496 e. The third kappa shape index (κ3) is 7.61. The molecule has 0 unspecified atom stereocenters. The molecule has 0 radical (unpaired) electrons. The van der Waals surface area contributed by atoms with Crippen molar-refractivity contribution in [2.24, 2.45) is 11.8 Å². The SMILES string of the molecule is COc1ccc(C2CCC(CN(C(=O)C3CCC(OC(=O)N4CC(O)C4)CC3)c3cc(-c4cnn(C(F)(F)F)c4)ccn3)CC2)cc1C. The van der Waals surface area contributed by atoms with Gasteiger partial charge in [0.1, 0.15) is 17.7 Å². The molecule has 0 atom stereocenters. The summed E-state index contributed by atoms with van der Waals surface area (Å²) in [7, 11) is 1.67. The summed E-state index contributed by atoms with van der Waals surface area (Å²) < 4.78 is 50.8. The van der Waals surface area contributed by atoms with Crippen LogP contribution >= 0.6 is 0 Å². The summed E-state index contributed by atoms with van der Waals surface area (Å²) in [5.74, 6) is 1.53. The molecule has 0 spiro atoms. The molecule has 1 N–H and O–H groups in total. The van der Waals surface area contributed by atoms with Gasteiger partial charge in [0.15, 0.2) is 0 Å². The van der Waals surface area contributed by atoms with Crippen LogP contribution in [-0.4, -0.2) is 75.7 Å². The first-order valence-electron chi connectivity index (χ1n) is 16.7. The third-order valence-corrected chi connectivity index (χ3v) is 10.1. The number of hydrogen-bond donors (Lipinski definition) is 1. The number of pyridine rings is 1. The zero-order valence-electron chi connectivity index (χ0n) is 27.2. The van der Waals surface area contributed by atoms with Gasteiger partial charge in [-0.05, 0) is 105 Å². The van der Waals surface area contributed by atoms with Gasteiger partial charge in [-0.15, -0.1) is 13.2 Å². The first-order chi connectivity index (χ1) is 23.0. The number of aliphatic hydroxyl groups excluding tert-OH is 1. The maximum Gasteiger partial charge on any atom is 0.504 e. The molecule has 3 aromatic rings. The van der Waals surface area contributed by atoms with Gasteiger partial charge in [0.25, 0.3) is 0 Å². The van der Waals surface area contributed by atoms with Crippen molar-refractivity contribution in [3.05, 3.63) is 60.0 Å². The van der Waals surface area contributed by atoms with E-state index in [4.69, 9.17) is 9.47 Å². The number of likely N-dealkylation sites (tertiary alicyclic amines) is 1. The van der Waals surface area contributed by atoms with Crippen molar-refractivity contribution in [3.63, 3.8) is 0 Å². The summed E-state index contributed by atoms with van der Waals surface area (Å²) in [4.78, 5) is 34.3. The van der Waals surface area contributed by atoms with Gasteiger partial charge >= 0.3 is 12.4 Å². The number of β-amino-alcohol motifs (C(OH)–C–C–N with tert-alkyl or cyclic N) is 1. The van der Waals surface area contributed by atoms with Gasteiger partial charge in [0.05, 0.1) is 32.5 Å². The summed E-state index contributed by atoms with van der Waals surface area (Å²) in [6, 6.07) is 9.61. The Bertz CT molecular complexity index is 1590. The van der Waals surface area contributed by atoms with Gasteiger partial charge in [-0.25, -0.2) is 9.78 Å². The molecule has 1 aromatic carbocycles. The summed E-state index contributed by atoms with van der Waals surface area (Å²) >= 11 is 0. The molecule has 2 saturated carbocycles. The Labute approximate surface area is 277 Å². The van der Waals surface area contributed by atoms with Crippen LogP contribution < -0.4 is 9.64 Å². The largest absolute Gasteiger partial charge is 0.504 e. The van der Waals surface area contributed by atoms with Crippen LogP contribution in [0.5, 0.6) is 5.75 Å². The van der Waals surface area contributed by atoms with Crippen LogP contribution in [0.25, 0.3) is 11.1 Å². The van der Waals surface area contributed by atoms with Gasteiger partial charge in [0.2, 0.25) is 5.91 Å². The fraction of sp³-hybridized carbons (Fsp3) is 0.543. The van der Waals surface area contributed by atoms with E-state index >= 15 is 0 Å². The third-order valence-electron chi connectivity index (χ3n) is 10.1. The number of amides is 2. The lowest BCUT2D eigenvalue weighted by Gasteiger charge is -2.38. The van der Waals surface area contributed by atoms with Gasteiger partial charge in [-0.2, -0.15) is 9.78 Å². The summed E-state index contributed by atoms with van der Waals surface area (Å²) in [5.41, 5.74) is 3.15. The Morgan fingerprint density at radius 1 is 1.00 bits per heavy atom. The van der Waals surface area contributed by atoms with Crippen LogP contribution in [0.3, 0.4) is 0 Å². The highest BCUT2D eigenvalue weighted by Gasteiger charge is 2.37. The lowest BCUT2D eigenvalue weighted by molar-refractivity contribution is -0.212. The predicted octanol–water partition coefficient (Wildman–Crippen LogP) is 6.42. The molecule has 2 aliphatic carbocycles. The summed E-state index contributed by atoms with van der Waals surface area (Å²) in [6.45, 7) is 3.04. The fourth-order valence-electron chi connectivity index (χ4n) is 7.21. The predicted molar refractivity (Wildman–Crippen MR) is 171 cm³/mol. The molecule has 3 fully saturated rings. The topological polar surface area (TPSA) is 110 Å². The molecule has 0 bridgehead atoms. The molecule has 6 rings (SSSR count). The van der Waals surface area contributed by atoms with E-state index in [1.807, 2.05) is 13.0 Å². The number of carbonyl (C=O) groups is 2. The first-order valence-corrected chi connectivity index (χ1v) is 16.7. The van der Waals surface area contributed by atoms with E-state index in [0.29, 0.717) is 49.5 Å². The number of carbonyl (C=O) groups excluding carboxylic acids is 2. The average molecular weight is 670 g/mol. The number of methoxy groups -OCH3 is 1. The number of nitrogens with zero attached hydrogens (tertiary/aromatic N) is 5. The van der Waals surface area contributed by atoms with Crippen LogP contribution in [0.2, 0.25) is 0 Å². The zero-order valence-corrected chi connectivity index (χ0v) is 27.2. The number of ether oxygens (including phenoxy) is 2. The van der Waals surface area contributed by atoms with Crippen LogP contribution in [-0.2, 0) is 15.8 Å². The van der Waals surface area contributed by atoms with Crippen LogP contribution in [0.15, 0.2) is 48.9 Å². The summed E-state index contributed by atoms with van der Waals surface area (Å²) in [5, 5.41) is 13.0. The lowest BCUT2D eigenvalue weighted by Crippen LogP contribution is -2.54. The van der Waals surface area contributed by atoms with Crippen LogP contribution in [0.1, 0.15) is 68.4 Å². The van der Waals surface area contributed by atoms with E-state index in [-0.39, 0.29) is 47.2 Å². The van der Waals surface area contributed by atoms with Crippen molar-refractivity contribution >= 4 is 17.8 Å². The highest BCUT2D eigenvalue weighted by atomic mass is 19.4. The number of benzene rings is 1. The Balaban J connectivity index is 1.16. The summed E-state index contributed by atoms with van der Waals surface area (Å²) in [6.07, 6.45) is 3.69. The van der Waals surface area contributed by atoms with E-state index in [9.17, 15) is 27.9 Å². The van der Waals surface area contributed by atoms with Crippen molar-refractivity contribution < 1.29 is 37.3 Å². The maximum atomic E-state index is 14.2. The highest BCUT2D eigenvalue weighted by Crippen LogP contribution is 2.39. The Morgan fingerprint density at radius 3 is 2.35 bits per heavy atom. The Kier molecular flexibility index (Phi) is 9.95. The van der Waals surface area contributed by atoms with Crippen LogP contribution in [0, 0.1) is 18.8 Å². The number of anilines is 1. The fourth-order valence-corrected chi connectivity index (χ4v) is 7.21. The molecule has 3 heterocycles. The number of aliphatic hydroxyl groups is 1. The smallest absolute Gasteiger partial charge is 0.496 e. The van der Waals surface area contributed by atoms with Crippen LogP contribution in [0.4, 0.5) is 23.8 Å². The molecular formula is C35H42F3N5O5. The molecule has 13 heteroatoms. The van der Waals surface area contributed by atoms with E-state index in [2.05, 4.69) is 22.2 Å². The number of hydrogen-bond acceptors (Lipinski definition) is 7. The Hall–Kier alpha value is -4.13. The maximum absolute atomic E-state index is 14.2. The van der Waals surface area contributed by atoms with E-state index in [1.165, 1.54) is 16.7 Å². The number of alkyl halides is 3. The zero-order chi connectivity index (χ0) is 34.0. The van der Waals surface area contributed by atoms with Gasteiger partial charge in [-0.3, -0.25) is 9.69 Å². The first kappa shape index (κ1) is 33.8. The van der Waals surface area contributed by atoms with Crippen molar-refractivity contribution in [2.75, 3.05) is 31.6 Å². The second-order valence-electron chi connectivity index (χ2n) is 13.4. The van der Waals surface area contributed by atoms with Gasteiger partial charge in [0, 0.05) is 30.4 Å². The molecule has 2 aromatic heterocycles. The molecule has 258 valence electrons. The van der Waals surface area contributed by atoms with Crippen molar-refractivity contribution in [3.8, 4) is 16.9 Å². The number of aromatic nitrogens is 3. The number of halogens is 3. The molecule has 1 saturated heterocycles. The van der Waals surface area contributed by atoms with Crippen molar-refractivity contribution in [1.29, 1.82) is 0 Å². The lowest BCUT2D eigenvalue weighted by atomic mass is 9.78. The number of rotatable bonds is 8. The van der Waals surface area contributed by atoms with Crippen molar-refractivity contribution in [1.82, 2.24) is 19.7 Å². The molecule has 10 nitrogen and oxygen atoms in total.